The third kappa shape index (κ3) is 6.57. The number of nitrogens with zero attached hydrogens (tertiary/aromatic N) is 4. The van der Waals surface area contributed by atoms with Crippen molar-refractivity contribution in [1.82, 2.24) is 19.8 Å². The van der Waals surface area contributed by atoms with Gasteiger partial charge in [-0.3, -0.25) is 14.6 Å². The fourth-order valence-electron chi connectivity index (χ4n) is 3.26. The molecule has 0 radical (unpaired) electrons. The Kier molecular flexibility index (Phi) is 8.64. The number of carbonyl (C=O) groups excluding carboxylic acids is 2. The second kappa shape index (κ2) is 11.0. The number of hydrogen-bond donors (Lipinski definition) is 0. The molecule has 1 aromatic rings. The normalized spacial score (nSPS) is 16.3. The second-order valence-corrected chi connectivity index (χ2v) is 7.06. The SMILES string of the molecule is CCCN(CCC)C(=O)CCN(C[C@@H]1CCCO1)C(=O)c1cnc(C)cn1. The highest BCUT2D eigenvalue weighted by Crippen LogP contribution is 2.15. The molecule has 1 aliphatic rings. The van der Waals surface area contributed by atoms with E-state index in [1.807, 2.05) is 11.8 Å². The number of rotatable bonds is 10. The van der Waals surface area contributed by atoms with Gasteiger partial charge in [-0.25, -0.2) is 4.98 Å². The van der Waals surface area contributed by atoms with Crippen LogP contribution in [-0.2, 0) is 9.53 Å². The van der Waals surface area contributed by atoms with Gasteiger partial charge >= 0.3 is 0 Å². The molecule has 2 heterocycles. The predicted octanol–water partition coefficient (Wildman–Crippen LogP) is 2.44. The highest BCUT2D eigenvalue weighted by Gasteiger charge is 2.25. The molecule has 1 atom stereocenters. The number of hydrogen-bond acceptors (Lipinski definition) is 5. The first-order valence-electron chi connectivity index (χ1n) is 10.0. The summed E-state index contributed by atoms with van der Waals surface area (Å²) in [7, 11) is 0. The van der Waals surface area contributed by atoms with E-state index >= 15 is 0 Å². The fourth-order valence-corrected chi connectivity index (χ4v) is 3.26. The largest absolute Gasteiger partial charge is 0.376 e. The van der Waals surface area contributed by atoms with Gasteiger partial charge in [0.2, 0.25) is 5.91 Å². The van der Waals surface area contributed by atoms with Crippen molar-refractivity contribution in [3.05, 3.63) is 23.8 Å². The monoisotopic (exact) mass is 376 g/mol. The zero-order valence-corrected chi connectivity index (χ0v) is 16.8. The summed E-state index contributed by atoms with van der Waals surface area (Å²) in [5.41, 5.74) is 1.08. The van der Waals surface area contributed by atoms with Gasteiger partial charge in [-0.2, -0.15) is 0 Å². The van der Waals surface area contributed by atoms with Crippen molar-refractivity contribution < 1.29 is 14.3 Å². The summed E-state index contributed by atoms with van der Waals surface area (Å²) in [6.07, 6.45) is 7.26. The lowest BCUT2D eigenvalue weighted by molar-refractivity contribution is -0.131. The minimum Gasteiger partial charge on any atom is -0.376 e. The molecule has 1 aromatic heterocycles. The molecule has 1 saturated heterocycles. The van der Waals surface area contributed by atoms with Gasteiger partial charge < -0.3 is 14.5 Å². The van der Waals surface area contributed by atoms with Gasteiger partial charge in [-0.1, -0.05) is 13.8 Å². The maximum atomic E-state index is 12.9. The Labute approximate surface area is 162 Å². The Morgan fingerprint density at radius 3 is 2.41 bits per heavy atom. The first kappa shape index (κ1) is 21.3. The lowest BCUT2D eigenvalue weighted by atomic mass is 10.2. The number of ether oxygens (including phenoxy) is 1. The van der Waals surface area contributed by atoms with Gasteiger partial charge in [0.05, 0.1) is 18.0 Å². The summed E-state index contributed by atoms with van der Waals surface area (Å²) < 4.78 is 5.69. The molecule has 1 aliphatic heterocycles. The molecule has 7 nitrogen and oxygen atoms in total. The van der Waals surface area contributed by atoms with E-state index in [1.54, 1.807) is 11.1 Å². The van der Waals surface area contributed by atoms with Gasteiger partial charge in [0.15, 0.2) is 0 Å². The molecular formula is C20H32N4O3. The van der Waals surface area contributed by atoms with Gasteiger partial charge in [0, 0.05) is 45.4 Å². The lowest BCUT2D eigenvalue weighted by Crippen LogP contribution is -2.41. The van der Waals surface area contributed by atoms with E-state index in [2.05, 4.69) is 23.8 Å². The van der Waals surface area contributed by atoms with E-state index < -0.39 is 0 Å². The van der Waals surface area contributed by atoms with E-state index in [0.29, 0.717) is 25.2 Å². The molecule has 0 unspecified atom stereocenters. The summed E-state index contributed by atoms with van der Waals surface area (Å²) in [4.78, 5) is 37.5. The van der Waals surface area contributed by atoms with Crippen molar-refractivity contribution in [1.29, 1.82) is 0 Å². The van der Waals surface area contributed by atoms with Crippen LogP contribution in [0.3, 0.4) is 0 Å². The van der Waals surface area contributed by atoms with Crippen molar-refractivity contribution in [3.63, 3.8) is 0 Å². The quantitative estimate of drug-likeness (QED) is 0.627. The molecule has 150 valence electrons. The number of amides is 2. The van der Waals surface area contributed by atoms with Crippen LogP contribution in [-0.4, -0.2) is 70.5 Å². The minimum atomic E-state index is -0.191. The Bertz CT molecular complexity index is 594. The average molecular weight is 377 g/mol. The minimum absolute atomic E-state index is 0.0323. The lowest BCUT2D eigenvalue weighted by Gasteiger charge is -2.27. The van der Waals surface area contributed by atoms with Crippen molar-refractivity contribution >= 4 is 11.8 Å². The Hall–Kier alpha value is -2.02. The van der Waals surface area contributed by atoms with Gasteiger partial charge in [0.25, 0.3) is 5.91 Å². The van der Waals surface area contributed by atoms with Gasteiger partial charge in [-0.05, 0) is 32.6 Å². The van der Waals surface area contributed by atoms with E-state index in [4.69, 9.17) is 4.74 Å². The number of aromatic nitrogens is 2. The van der Waals surface area contributed by atoms with Crippen LogP contribution >= 0.6 is 0 Å². The zero-order chi connectivity index (χ0) is 19.6. The molecule has 0 spiro atoms. The highest BCUT2D eigenvalue weighted by atomic mass is 16.5. The van der Waals surface area contributed by atoms with Gasteiger partial charge in [0.1, 0.15) is 5.69 Å². The van der Waals surface area contributed by atoms with E-state index in [9.17, 15) is 9.59 Å². The van der Waals surface area contributed by atoms with Crippen LogP contribution in [0.25, 0.3) is 0 Å². The standard InChI is InChI=1S/C20H32N4O3/c1-4-9-23(10-5-2)19(25)8-11-24(15-17-7-6-12-27-17)20(26)18-14-21-16(3)13-22-18/h13-14,17H,4-12,15H2,1-3H3/t17-/m0/s1. The van der Waals surface area contributed by atoms with E-state index in [1.165, 1.54) is 6.20 Å². The molecule has 0 aliphatic carbocycles. The number of carbonyl (C=O) groups is 2. The first-order chi connectivity index (χ1) is 13.0. The third-order valence-electron chi connectivity index (χ3n) is 4.67. The maximum Gasteiger partial charge on any atom is 0.274 e. The Balaban J connectivity index is 2.03. The molecule has 7 heteroatoms. The fraction of sp³-hybridized carbons (Fsp3) is 0.700. The first-order valence-corrected chi connectivity index (χ1v) is 10.0. The van der Waals surface area contributed by atoms with E-state index in [0.717, 1.165) is 51.1 Å². The zero-order valence-electron chi connectivity index (χ0n) is 16.8. The number of aryl methyl sites for hydroxylation is 1. The molecule has 0 saturated carbocycles. The molecule has 0 N–H and O–H groups in total. The van der Waals surface area contributed by atoms with Crippen molar-refractivity contribution in [2.45, 2.75) is 59.0 Å². The average Bonchev–Trinajstić information content (AvgIpc) is 3.18. The van der Waals surface area contributed by atoms with Gasteiger partial charge in [-0.15, -0.1) is 0 Å². The Morgan fingerprint density at radius 1 is 1.11 bits per heavy atom. The van der Waals surface area contributed by atoms with Crippen molar-refractivity contribution in [3.8, 4) is 0 Å². The molecule has 0 bridgehead atoms. The van der Waals surface area contributed by atoms with Crippen LogP contribution in [0.2, 0.25) is 0 Å². The van der Waals surface area contributed by atoms with Crippen LogP contribution in [0.1, 0.15) is 62.1 Å². The van der Waals surface area contributed by atoms with Crippen LogP contribution < -0.4 is 0 Å². The summed E-state index contributed by atoms with van der Waals surface area (Å²) in [6, 6.07) is 0. The molecule has 1 fully saturated rings. The third-order valence-corrected chi connectivity index (χ3v) is 4.67. The topological polar surface area (TPSA) is 75.6 Å². The van der Waals surface area contributed by atoms with Crippen molar-refractivity contribution in [2.75, 3.05) is 32.8 Å². The smallest absolute Gasteiger partial charge is 0.274 e. The molecule has 2 rings (SSSR count). The van der Waals surface area contributed by atoms with Crippen LogP contribution in [0.15, 0.2) is 12.4 Å². The van der Waals surface area contributed by atoms with Crippen molar-refractivity contribution in [2.24, 2.45) is 0 Å². The summed E-state index contributed by atoms with van der Waals surface area (Å²) in [6.45, 7) is 9.08. The summed E-state index contributed by atoms with van der Waals surface area (Å²) in [5, 5.41) is 0. The van der Waals surface area contributed by atoms with Crippen LogP contribution in [0, 0.1) is 6.92 Å². The summed E-state index contributed by atoms with van der Waals surface area (Å²) in [5.74, 6) is -0.0952. The molecule has 0 aromatic carbocycles. The van der Waals surface area contributed by atoms with E-state index in [-0.39, 0.29) is 17.9 Å². The molecule has 2 amide bonds. The second-order valence-electron chi connectivity index (χ2n) is 7.06. The maximum absolute atomic E-state index is 12.9. The Morgan fingerprint density at radius 2 is 1.85 bits per heavy atom. The predicted molar refractivity (Wildman–Crippen MR) is 103 cm³/mol. The molecular weight excluding hydrogens is 344 g/mol. The highest BCUT2D eigenvalue weighted by molar-refractivity contribution is 5.92. The van der Waals surface area contributed by atoms with Crippen LogP contribution in [0.5, 0.6) is 0 Å². The summed E-state index contributed by atoms with van der Waals surface area (Å²) >= 11 is 0. The van der Waals surface area contributed by atoms with Crippen LogP contribution in [0.4, 0.5) is 0 Å². The molecule has 27 heavy (non-hydrogen) atoms.